The highest BCUT2D eigenvalue weighted by Crippen LogP contribution is 2.32. The Hall–Kier alpha value is -0.970. The van der Waals surface area contributed by atoms with E-state index in [2.05, 4.69) is 10.3 Å². The normalized spacial score (nSPS) is 16.1. The number of nitrogens with two attached hydrogens (primary N) is 1. The van der Waals surface area contributed by atoms with Crippen molar-refractivity contribution in [3.63, 3.8) is 0 Å². The lowest BCUT2D eigenvalue weighted by molar-refractivity contribution is 0.655. The molecule has 0 aliphatic heterocycles. The highest BCUT2D eigenvalue weighted by atomic mass is 32.1. The third-order valence-electron chi connectivity index (χ3n) is 2.36. The molecule has 5 heteroatoms. The van der Waals surface area contributed by atoms with Gasteiger partial charge in [0.2, 0.25) is 0 Å². The van der Waals surface area contributed by atoms with Gasteiger partial charge in [0, 0.05) is 7.05 Å². The number of rotatable bonds is 3. The molecule has 0 bridgehead atoms. The van der Waals surface area contributed by atoms with Crippen LogP contribution in [-0.2, 0) is 13.5 Å². The Labute approximate surface area is 82.1 Å². The molecule has 0 radical (unpaired) electrons. The van der Waals surface area contributed by atoms with Crippen molar-refractivity contribution in [2.75, 3.05) is 0 Å². The zero-order valence-electron chi connectivity index (χ0n) is 7.53. The van der Waals surface area contributed by atoms with Gasteiger partial charge in [-0.25, -0.2) is 0 Å². The van der Waals surface area contributed by atoms with Gasteiger partial charge in [0.05, 0.1) is 5.69 Å². The van der Waals surface area contributed by atoms with Crippen LogP contribution in [0.15, 0.2) is 0 Å². The first-order valence-corrected chi connectivity index (χ1v) is 4.77. The van der Waals surface area contributed by atoms with Gasteiger partial charge in [-0.1, -0.05) is 17.4 Å². The Morgan fingerprint density at radius 2 is 2.38 bits per heavy atom. The van der Waals surface area contributed by atoms with E-state index in [4.69, 9.17) is 18.0 Å². The van der Waals surface area contributed by atoms with Gasteiger partial charge in [0.15, 0.2) is 0 Å². The predicted molar refractivity (Wildman–Crippen MR) is 53.3 cm³/mol. The molecule has 2 rings (SSSR count). The first-order valence-electron chi connectivity index (χ1n) is 4.37. The second-order valence-corrected chi connectivity index (χ2v) is 3.96. The maximum Gasteiger partial charge on any atom is 0.143 e. The number of aromatic nitrogens is 3. The lowest BCUT2D eigenvalue weighted by Gasteiger charge is -2.00. The van der Waals surface area contributed by atoms with Crippen LogP contribution in [-0.4, -0.2) is 20.0 Å². The van der Waals surface area contributed by atoms with E-state index in [-0.39, 0.29) is 0 Å². The standard InChI is InChI=1S/C8H12N4S/c1-12-6(4-5-2-3-5)7(8(9)13)10-11-12/h5H,2-4H2,1H3,(H2,9,13). The van der Waals surface area contributed by atoms with Crippen LogP contribution < -0.4 is 5.73 Å². The van der Waals surface area contributed by atoms with E-state index in [0.29, 0.717) is 10.7 Å². The van der Waals surface area contributed by atoms with E-state index in [1.165, 1.54) is 12.8 Å². The van der Waals surface area contributed by atoms with Crippen LogP contribution in [0, 0.1) is 5.92 Å². The molecule has 0 atom stereocenters. The first-order chi connectivity index (χ1) is 6.18. The number of thiocarbonyl (C=S) groups is 1. The second kappa shape index (κ2) is 3.06. The largest absolute Gasteiger partial charge is 0.388 e. The quantitative estimate of drug-likeness (QED) is 0.711. The van der Waals surface area contributed by atoms with Gasteiger partial charge in [0.25, 0.3) is 0 Å². The average Bonchev–Trinajstić information content (AvgIpc) is 2.78. The van der Waals surface area contributed by atoms with Crippen molar-refractivity contribution in [2.24, 2.45) is 18.7 Å². The zero-order valence-corrected chi connectivity index (χ0v) is 8.34. The van der Waals surface area contributed by atoms with Crippen molar-refractivity contribution in [3.05, 3.63) is 11.4 Å². The second-order valence-electron chi connectivity index (χ2n) is 3.52. The molecule has 1 fully saturated rings. The van der Waals surface area contributed by atoms with Crippen LogP contribution in [0.1, 0.15) is 24.2 Å². The molecule has 1 aromatic rings. The first kappa shape index (κ1) is 8.62. The molecule has 1 aromatic heterocycles. The van der Waals surface area contributed by atoms with Crippen molar-refractivity contribution >= 4 is 17.2 Å². The number of hydrogen-bond acceptors (Lipinski definition) is 3. The smallest absolute Gasteiger partial charge is 0.143 e. The summed E-state index contributed by atoms with van der Waals surface area (Å²) in [6, 6.07) is 0. The third kappa shape index (κ3) is 1.70. The molecule has 1 aliphatic rings. The Bertz CT molecular complexity index is 340. The van der Waals surface area contributed by atoms with Crippen molar-refractivity contribution in [2.45, 2.75) is 19.3 Å². The Morgan fingerprint density at radius 3 is 2.92 bits per heavy atom. The fourth-order valence-electron chi connectivity index (χ4n) is 1.39. The molecule has 4 nitrogen and oxygen atoms in total. The minimum absolute atomic E-state index is 0.351. The maximum atomic E-state index is 5.54. The van der Waals surface area contributed by atoms with Crippen LogP contribution in [0.4, 0.5) is 0 Å². The minimum Gasteiger partial charge on any atom is -0.388 e. The summed E-state index contributed by atoms with van der Waals surface area (Å²) in [4.78, 5) is 0.351. The lowest BCUT2D eigenvalue weighted by Crippen LogP contribution is -2.14. The summed E-state index contributed by atoms with van der Waals surface area (Å²) in [6.07, 6.45) is 3.63. The van der Waals surface area contributed by atoms with Gasteiger partial charge in [-0.05, 0) is 25.2 Å². The minimum atomic E-state index is 0.351. The molecule has 0 spiro atoms. The summed E-state index contributed by atoms with van der Waals surface area (Å²) in [5.74, 6) is 0.797. The van der Waals surface area contributed by atoms with Crippen LogP contribution in [0.5, 0.6) is 0 Å². The molecular formula is C8H12N4S. The van der Waals surface area contributed by atoms with Gasteiger partial charge in [0.1, 0.15) is 10.7 Å². The van der Waals surface area contributed by atoms with E-state index in [1.807, 2.05) is 7.05 Å². The number of hydrogen-bond donors (Lipinski definition) is 1. The molecule has 1 heterocycles. The van der Waals surface area contributed by atoms with Crippen LogP contribution in [0.25, 0.3) is 0 Å². The highest BCUT2D eigenvalue weighted by Gasteiger charge is 2.25. The van der Waals surface area contributed by atoms with E-state index >= 15 is 0 Å². The molecule has 0 unspecified atom stereocenters. The summed E-state index contributed by atoms with van der Waals surface area (Å²) in [5.41, 5.74) is 7.32. The van der Waals surface area contributed by atoms with Crippen LogP contribution in [0.2, 0.25) is 0 Å². The molecule has 0 saturated heterocycles. The predicted octanol–water partition coefficient (Wildman–Crippen LogP) is 0.402. The van der Waals surface area contributed by atoms with Crippen molar-refractivity contribution < 1.29 is 0 Å². The van der Waals surface area contributed by atoms with Gasteiger partial charge < -0.3 is 5.73 Å². The van der Waals surface area contributed by atoms with E-state index in [0.717, 1.165) is 18.0 Å². The Kier molecular flexibility index (Phi) is 2.03. The summed E-state index contributed by atoms with van der Waals surface area (Å²) in [7, 11) is 1.88. The van der Waals surface area contributed by atoms with Gasteiger partial charge >= 0.3 is 0 Å². The molecule has 0 aromatic carbocycles. The average molecular weight is 196 g/mol. The van der Waals surface area contributed by atoms with Crippen molar-refractivity contribution in [1.29, 1.82) is 0 Å². The number of nitrogens with zero attached hydrogens (tertiary/aromatic N) is 3. The SMILES string of the molecule is Cn1nnc(C(N)=S)c1CC1CC1. The van der Waals surface area contributed by atoms with Crippen molar-refractivity contribution in [3.8, 4) is 0 Å². The molecular weight excluding hydrogens is 184 g/mol. The van der Waals surface area contributed by atoms with Crippen LogP contribution >= 0.6 is 12.2 Å². The maximum absolute atomic E-state index is 5.54. The molecule has 1 aliphatic carbocycles. The molecule has 13 heavy (non-hydrogen) atoms. The third-order valence-corrected chi connectivity index (χ3v) is 2.55. The zero-order chi connectivity index (χ0) is 9.42. The number of aryl methyl sites for hydroxylation is 1. The lowest BCUT2D eigenvalue weighted by atomic mass is 10.2. The Morgan fingerprint density at radius 1 is 1.69 bits per heavy atom. The molecule has 70 valence electrons. The summed E-state index contributed by atoms with van der Waals surface area (Å²) in [5, 5.41) is 7.86. The van der Waals surface area contributed by atoms with E-state index in [1.54, 1.807) is 4.68 Å². The van der Waals surface area contributed by atoms with Crippen molar-refractivity contribution in [1.82, 2.24) is 15.0 Å². The molecule has 1 saturated carbocycles. The fraction of sp³-hybridized carbons (Fsp3) is 0.625. The van der Waals surface area contributed by atoms with Gasteiger partial charge in [-0.3, -0.25) is 4.68 Å². The highest BCUT2D eigenvalue weighted by molar-refractivity contribution is 7.80. The molecule has 2 N–H and O–H groups in total. The summed E-state index contributed by atoms with van der Waals surface area (Å²) in [6.45, 7) is 0. The summed E-state index contributed by atoms with van der Waals surface area (Å²) >= 11 is 4.90. The van der Waals surface area contributed by atoms with Crippen LogP contribution in [0.3, 0.4) is 0 Å². The fourth-order valence-corrected chi connectivity index (χ4v) is 1.55. The van der Waals surface area contributed by atoms with E-state index < -0.39 is 0 Å². The van der Waals surface area contributed by atoms with Gasteiger partial charge in [-0.15, -0.1) is 5.10 Å². The Balaban J connectivity index is 2.27. The van der Waals surface area contributed by atoms with Gasteiger partial charge in [-0.2, -0.15) is 0 Å². The molecule has 0 amide bonds. The summed E-state index contributed by atoms with van der Waals surface area (Å²) < 4.78 is 1.77. The topological polar surface area (TPSA) is 56.7 Å². The monoisotopic (exact) mass is 196 g/mol. The van der Waals surface area contributed by atoms with E-state index in [9.17, 15) is 0 Å².